The van der Waals surface area contributed by atoms with E-state index in [-0.39, 0.29) is 18.1 Å². The molecule has 72 valence electrons. The Labute approximate surface area is 73.5 Å². The van der Waals surface area contributed by atoms with Gasteiger partial charge in [-0.1, -0.05) is 0 Å². The molecule has 0 aromatic heterocycles. The van der Waals surface area contributed by atoms with Gasteiger partial charge in [-0.15, -0.1) is 0 Å². The number of hydrogen-bond donors (Lipinski definition) is 2. The molecule has 0 bridgehead atoms. The van der Waals surface area contributed by atoms with E-state index in [1.807, 2.05) is 13.8 Å². The fraction of sp³-hybridized carbons (Fsp3) is 0.875. The molecular formula is C8H18N2O2. The highest BCUT2D eigenvalue weighted by Crippen LogP contribution is 1.88. The van der Waals surface area contributed by atoms with Crippen molar-refractivity contribution in [3.05, 3.63) is 0 Å². The first-order valence-corrected chi connectivity index (χ1v) is 4.22. The molecule has 0 aliphatic rings. The lowest BCUT2D eigenvalue weighted by molar-refractivity contribution is -0.119. The molecule has 12 heavy (non-hydrogen) atoms. The van der Waals surface area contributed by atoms with Crippen molar-refractivity contribution in [3.8, 4) is 0 Å². The zero-order chi connectivity index (χ0) is 9.56. The van der Waals surface area contributed by atoms with Gasteiger partial charge in [-0.2, -0.15) is 0 Å². The fourth-order valence-corrected chi connectivity index (χ4v) is 0.787. The average Bonchev–Trinajstić information content (AvgIpc) is 2.00. The minimum atomic E-state index is -0.335. The molecule has 0 saturated heterocycles. The van der Waals surface area contributed by atoms with Gasteiger partial charge in [0, 0.05) is 13.2 Å². The van der Waals surface area contributed by atoms with Crippen molar-refractivity contribution in [2.24, 2.45) is 5.73 Å². The second-order valence-electron chi connectivity index (χ2n) is 2.80. The Morgan fingerprint density at radius 2 is 2.17 bits per heavy atom. The Morgan fingerprint density at radius 1 is 1.58 bits per heavy atom. The molecule has 0 aliphatic heterocycles. The molecule has 0 aromatic carbocycles. The van der Waals surface area contributed by atoms with E-state index >= 15 is 0 Å². The zero-order valence-electron chi connectivity index (χ0n) is 7.96. The molecule has 0 heterocycles. The van der Waals surface area contributed by atoms with Crippen LogP contribution in [-0.2, 0) is 9.53 Å². The minimum absolute atomic E-state index is 0.122. The third-order valence-electron chi connectivity index (χ3n) is 1.59. The monoisotopic (exact) mass is 174 g/mol. The molecule has 4 nitrogen and oxygen atoms in total. The van der Waals surface area contributed by atoms with E-state index in [1.165, 1.54) is 0 Å². The number of rotatable bonds is 6. The normalized spacial score (nSPS) is 15.6. The van der Waals surface area contributed by atoms with Crippen LogP contribution in [-0.4, -0.2) is 31.2 Å². The highest BCUT2D eigenvalue weighted by Gasteiger charge is 2.08. The summed E-state index contributed by atoms with van der Waals surface area (Å²) < 4.78 is 5.26. The largest absolute Gasteiger partial charge is 0.377 e. The van der Waals surface area contributed by atoms with E-state index in [0.29, 0.717) is 13.2 Å². The summed E-state index contributed by atoms with van der Waals surface area (Å²) in [7, 11) is 0. The second kappa shape index (κ2) is 5.97. The van der Waals surface area contributed by atoms with Crippen LogP contribution in [0.4, 0.5) is 0 Å². The van der Waals surface area contributed by atoms with Gasteiger partial charge in [-0.25, -0.2) is 0 Å². The molecule has 0 aliphatic carbocycles. The van der Waals surface area contributed by atoms with E-state index in [9.17, 15) is 4.79 Å². The number of nitrogens with two attached hydrogens (primary N) is 1. The lowest BCUT2D eigenvalue weighted by Gasteiger charge is -2.15. The van der Waals surface area contributed by atoms with Gasteiger partial charge < -0.3 is 15.8 Å². The molecule has 0 rings (SSSR count). The lowest BCUT2D eigenvalue weighted by Crippen LogP contribution is -2.42. The van der Waals surface area contributed by atoms with Crippen molar-refractivity contribution >= 4 is 5.91 Å². The van der Waals surface area contributed by atoms with Crippen LogP contribution in [0.3, 0.4) is 0 Å². The van der Waals surface area contributed by atoms with E-state index in [2.05, 4.69) is 5.32 Å². The van der Waals surface area contributed by atoms with Gasteiger partial charge in [0.25, 0.3) is 0 Å². The van der Waals surface area contributed by atoms with E-state index in [4.69, 9.17) is 10.5 Å². The van der Waals surface area contributed by atoms with Crippen molar-refractivity contribution < 1.29 is 9.53 Å². The smallest absolute Gasteiger partial charge is 0.234 e. The Hall–Kier alpha value is -0.610. The van der Waals surface area contributed by atoms with Gasteiger partial charge in [-0.05, 0) is 20.8 Å². The van der Waals surface area contributed by atoms with Crippen molar-refractivity contribution in [2.45, 2.75) is 32.9 Å². The summed E-state index contributed by atoms with van der Waals surface area (Å²) in [5.41, 5.74) is 5.05. The molecule has 0 radical (unpaired) electrons. The summed E-state index contributed by atoms with van der Waals surface area (Å²) in [5.74, 6) is -0.335. The number of amides is 1. The molecule has 1 amide bonds. The van der Waals surface area contributed by atoms with Crippen LogP contribution < -0.4 is 11.1 Å². The lowest BCUT2D eigenvalue weighted by atomic mass is 10.3. The summed E-state index contributed by atoms with van der Waals surface area (Å²) >= 11 is 0. The second-order valence-corrected chi connectivity index (χ2v) is 2.80. The zero-order valence-corrected chi connectivity index (χ0v) is 7.96. The fourth-order valence-electron chi connectivity index (χ4n) is 0.787. The van der Waals surface area contributed by atoms with E-state index in [1.54, 1.807) is 6.92 Å². The Balaban J connectivity index is 3.46. The topological polar surface area (TPSA) is 64.3 Å². The maximum Gasteiger partial charge on any atom is 0.234 e. The first-order valence-electron chi connectivity index (χ1n) is 4.22. The molecule has 3 N–H and O–H groups in total. The van der Waals surface area contributed by atoms with Crippen LogP contribution in [0, 0.1) is 0 Å². The molecule has 4 heteroatoms. The molecule has 0 saturated carbocycles. The Bertz CT molecular complexity index is 139. The predicted molar refractivity (Wildman–Crippen MR) is 47.7 cm³/mol. The molecule has 2 unspecified atom stereocenters. The van der Waals surface area contributed by atoms with Crippen molar-refractivity contribution in [1.29, 1.82) is 0 Å². The third-order valence-corrected chi connectivity index (χ3v) is 1.59. The van der Waals surface area contributed by atoms with Crippen molar-refractivity contribution in [2.75, 3.05) is 13.2 Å². The number of carbonyl (C=O) groups excluding carboxylic acids is 1. The van der Waals surface area contributed by atoms with Crippen LogP contribution >= 0.6 is 0 Å². The number of carbonyl (C=O) groups is 1. The van der Waals surface area contributed by atoms with E-state index < -0.39 is 0 Å². The van der Waals surface area contributed by atoms with Crippen LogP contribution in [0.5, 0.6) is 0 Å². The summed E-state index contributed by atoms with van der Waals surface area (Å²) in [6.07, 6.45) is 0.122. The van der Waals surface area contributed by atoms with Gasteiger partial charge >= 0.3 is 0 Å². The molecular weight excluding hydrogens is 156 g/mol. The number of ether oxygens (including phenoxy) is 1. The highest BCUT2D eigenvalue weighted by molar-refractivity contribution is 5.79. The SMILES string of the molecule is CCOC(C)CNC(C)C(N)=O. The summed E-state index contributed by atoms with van der Waals surface area (Å²) in [6.45, 7) is 6.96. The standard InChI is InChI=1S/C8H18N2O2/c1-4-12-6(2)5-10-7(3)8(9)11/h6-7,10H,4-5H2,1-3H3,(H2,9,11). The quantitative estimate of drug-likeness (QED) is 0.590. The van der Waals surface area contributed by atoms with Crippen molar-refractivity contribution in [1.82, 2.24) is 5.32 Å². The molecule has 0 aromatic rings. The average molecular weight is 174 g/mol. The Kier molecular flexibility index (Phi) is 5.66. The van der Waals surface area contributed by atoms with Gasteiger partial charge in [0.1, 0.15) is 0 Å². The minimum Gasteiger partial charge on any atom is -0.377 e. The Morgan fingerprint density at radius 3 is 2.58 bits per heavy atom. The summed E-state index contributed by atoms with van der Waals surface area (Å²) in [4.78, 5) is 10.6. The number of primary amides is 1. The molecule has 2 atom stereocenters. The maximum atomic E-state index is 10.6. The first-order chi connectivity index (χ1) is 5.57. The molecule has 0 spiro atoms. The molecule has 0 fully saturated rings. The van der Waals surface area contributed by atoms with E-state index in [0.717, 1.165) is 0 Å². The number of nitrogens with one attached hydrogen (secondary N) is 1. The van der Waals surface area contributed by atoms with Crippen LogP contribution in [0.2, 0.25) is 0 Å². The first kappa shape index (κ1) is 11.4. The predicted octanol–water partition coefficient (Wildman–Crippen LogP) is -0.125. The van der Waals surface area contributed by atoms with Crippen LogP contribution in [0.25, 0.3) is 0 Å². The van der Waals surface area contributed by atoms with Gasteiger partial charge in [0.2, 0.25) is 5.91 Å². The summed E-state index contributed by atoms with van der Waals surface area (Å²) in [6, 6.07) is -0.284. The van der Waals surface area contributed by atoms with Crippen LogP contribution in [0.15, 0.2) is 0 Å². The van der Waals surface area contributed by atoms with Crippen molar-refractivity contribution in [3.63, 3.8) is 0 Å². The maximum absolute atomic E-state index is 10.6. The van der Waals surface area contributed by atoms with Gasteiger partial charge in [0.05, 0.1) is 12.1 Å². The van der Waals surface area contributed by atoms with Gasteiger partial charge in [0.15, 0.2) is 0 Å². The highest BCUT2D eigenvalue weighted by atomic mass is 16.5. The number of hydrogen-bond acceptors (Lipinski definition) is 3. The summed E-state index contributed by atoms with van der Waals surface area (Å²) in [5, 5.41) is 2.97. The third kappa shape index (κ3) is 5.09. The van der Waals surface area contributed by atoms with Crippen LogP contribution in [0.1, 0.15) is 20.8 Å². The van der Waals surface area contributed by atoms with Gasteiger partial charge in [-0.3, -0.25) is 4.79 Å².